The van der Waals surface area contributed by atoms with Crippen molar-refractivity contribution < 1.29 is 13.5 Å². The lowest BCUT2D eigenvalue weighted by atomic mass is 10.2. The number of sulfonamides is 1. The molecule has 0 radical (unpaired) electrons. The van der Waals surface area contributed by atoms with E-state index in [0.29, 0.717) is 25.3 Å². The first-order valence-electron chi connectivity index (χ1n) is 6.86. The van der Waals surface area contributed by atoms with Crippen molar-refractivity contribution in [3.05, 3.63) is 18.0 Å². The zero-order valence-corrected chi connectivity index (χ0v) is 13.1. The molecule has 20 heavy (non-hydrogen) atoms. The Bertz CT molecular complexity index is 544. The van der Waals surface area contributed by atoms with Crippen molar-refractivity contribution in [2.45, 2.75) is 37.4 Å². The standard InChI is InChI=1S/C13H23N3O3S/c1-4-15-9-13(7-12(15)10-17)20(18,19)16-6-5-11(8-16)14(2)3/h7,9,11,17H,4-6,8,10H2,1-3H3. The average molecular weight is 301 g/mol. The number of aliphatic hydroxyl groups is 1. The highest BCUT2D eigenvalue weighted by Gasteiger charge is 2.34. The predicted molar refractivity (Wildman–Crippen MR) is 76.9 cm³/mol. The molecule has 1 aromatic heterocycles. The number of aliphatic hydroxyl groups excluding tert-OH is 1. The summed E-state index contributed by atoms with van der Waals surface area (Å²) in [4.78, 5) is 2.34. The molecule has 7 heteroatoms. The molecule has 2 rings (SSSR count). The Kier molecular flexibility index (Phi) is 4.53. The molecule has 0 saturated carbocycles. The maximum atomic E-state index is 12.6. The molecule has 0 spiro atoms. The first-order chi connectivity index (χ1) is 9.40. The molecule has 1 atom stereocenters. The Morgan fingerprint density at radius 3 is 2.60 bits per heavy atom. The Morgan fingerprint density at radius 1 is 1.45 bits per heavy atom. The molecule has 0 aromatic carbocycles. The van der Waals surface area contributed by atoms with E-state index < -0.39 is 10.0 Å². The van der Waals surface area contributed by atoms with Crippen LogP contribution in [0, 0.1) is 0 Å². The molecule has 114 valence electrons. The van der Waals surface area contributed by atoms with Crippen molar-refractivity contribution in [2.75, 3.05) is 27.2 Å². The topological polar surface area (TPSA) is 65.8 Å². The lowest BCUT2D eigenvalue weighted by Crippen LogP contribution is -2.34. The Morgan fingerprint density at radius 2 is 2.15 bits per heavy atom. The van der Waals surface area contributed by atoms with Gasteiger partial charge in [-0.25, -0.2) is 8.42 Å². The van der Waals surface area contributed by atoms with Gasteiger partial charge in [0.2, 0.25) is 10.0 Å². The van der Waals surface area contributed by atoms with Gasteiger partial charge in [-0.05, 0) is 33.5 Å². The number of aromatic nitrogens is 1. The van der Waals surface area contributed by atoms with Crippen LogP contribution < -0.4 is 0 Å². The van der Waals surface area contributed by atoms with Crippen molar-refractivity contribution in [2.24, 2.45) is 0 Å². The average Bonchev–Trinajstić information content (AvgIpc) is 3.05. The van der Waals surface area contributed by atoms with Gasteiger partial charge in [-0.2, -0.15) is 4.31 Å². The third-order valence-corrected chi connectivity index (χ3v) is 5.79. The number of rotatable bonds is 5. The van der Waals surface area contributed by atoms with E-state index in [1.165, 1.54) is 4.31 Å². The largest absolute Gasteiger partial charge is 0.390 e. The zero-order valence-electron chi connectivity index (χ0n) is 12.3. The van der Waals surface area contributed by atoms with E-state index >= 15 is 0 Å². The summed E-state index contributed by atoms with van der Waals surface area (Å²) in [5.74, 6) is 0. The van der Waals surface area contributed by atoms with Gasteiger partial charge in [0.05, 0.1) is 6.61 Å². The van der Waals surface area contributed by atoms with Gasteiger partial charge in [0.25, 0.3) is 0 Å². The second-order valence-corrected chi connectivity index (χ2v) is 7.32. The Hall–Kier alpha value is -0.890. The summed E-state index contributed by atoms with van der Waals surface area (Å²) in [5, 5.41) is 9.27. The first-order valence-corrected chi connectivity index (χ1v) is 8.30. The molecule has 1 N–H and O–H groups in total. The van der Waals surface area contributed by atoms with Crippen LogP contribution in [0.4, 0.5) is 0 Å². The molecule has 1 fully saturated rings. The molecule has 1 aliphatic rings. The third-order valence-electron chi connectivity index (χ3n) is 3.96. The molecule has 0 amide bonds. The number of aryl methyl sites for hydroxylation is 1. The molecule has 6 nitrogen and oxygen atoms in total. The minimum absolute atomic E-state index is 0.149. The van der Waals surface area contributed by atoms with Crippen LogP contribution in [0.25, 0.3) is 0 Å². The van der Waals surface area contributed by atoms with E-state index in [4.69, 9.17) is 0 Å². The van der Waals surface area contributed by atoms with Gasteiger partial charge in [-0.15, -0.1) is 0 Å². The molecule has 1 aliphatic heterocycles. The fourth-order valence-corrected chi connectivity index (χ4v) is 4.15. The van der Waals surface area contributed by atoms with Gasteiger partial charge in [0, 0.05) is 37.6 Å². The smallest absolute Gasteiger partial charge is 0.244 e. The van der Waals surface area contributed by atoms with Crippen molar-refractivity contribution >= 4 is 10.0 Å². The fraction of sp³-hybridized carbons (Fsp3) is 0.692. The number of hydrogen-bond acceptors (Lipinski definition) is 4. The highest BCUT2D eigenvalue weighted by atomic mass is 32.2. The van der Waals surface area contributed by atoms with Crippen molar-refractivity contribution in [1.29, 1.82) is 0 Å². The van der Waals surface area contributed by atoms with E-state index in [0.717, 1.165) is 6.42 Å². The van der Waals surface area contributed by atoms with Crippen LogP contribution in [-0.4, -0.2) is 60.5 Å². The summed E-state index contributed by atoms with van der Waals surface area (Å²) in [6.07, 6.45) is 2.47. The lowest BCUT2D eigenvalue weighted by Gasteiger charge is -2.19. The predicted octanol–water partition coefficient (Wildman–Crippen LogP) is 0.325. The van der Waals surface area contributed by atoms with E-state index in [1.54, 1.807) is 16.8 Å². The SMILES string of the molecule is CCn1cc(S(=O)(=O)N2CCC(N(C)C)C2)cc1CO. The normalized spacial score (nSPS) is 20.9. The maximum absolute atomic E-state index is 12.6. The van der Waals surface area contributed by atoms with Gasteiger partial charge in [-0.1, -0.05) is 0 Å². The van der Waals surface area contributed by atoms with E-state index in [2.05, 4.69) is 4.90 Å². The van der Waals surface area contributed by atoms with Crippen LogP contribution in [0.1, 0.15) is 19.0 Å². The number of hydrogen-bond donors (Lipinski definition) is 1. The summed E-state index contributed by atoms with van der Waals surface area (Å²) >= 11 is 0. The minimum Gasteiger partial charge on any atom is -0.390 e. The minimum atomic E-state index is -3.45. The monoisotopic (exact) mass is 301 g/mol. The van der Waals surface area contributed by atoms with Crippen molar-refractivity contribution in [1.82, 2.24) is 13.8 Å². The number of nitrogens with zero attached hydrogens (tertiary/aromatic N) is 3. The molecule has 1 saturated heterocycles. The van der Waals surface area contributed by atoms with E-state index in [1.807, 2.05) is 21.0 Å². The van der Waals surface area contributed by atoms with Crippen LogP contribution in [0.15, 0.2) is 17.2 Å². The van der Waals surface area contributed by atoms with Crippen LogP contribution in [-0.2, 0) is 23.2 Å². The zero-order chi connectivity index (χ0) is 14.9. The second-order valence-electron chi connectivity index (χ2n) is 5.38. The Balaban J connectivity index is 2.25. The highest BCUT2D eigenvalue weighted by Crippen LogP contribution is 2.24. The van der Waals surface area contributed by atoms with Crippen molar-refractivity contribution in [3.63, 3.8) is 0 Å². The van der Waals surface area contributed by atoms with Crippen molar-refractivity contribution in [3.8, 4) is 0 Å². The van der Waals surface area contributed by atoms with E-state index in [-0.39, 0.29) is 17.5 Å². The van der Waals surface area contributed by atoms with Crippen LogP contribution in [0.2, 0.25) is 0 Å². The third kappa shape index (κ3) is 2.76. The van der Waals surface area contributed by atoms with Gasteiger partial charge < -0.3 is 14.6 Å². The van der Waals surface area contributed by atoms with Crippen LogP contribution >= 0.6 is 0 Å². The summed E-state index contributed by atoms with van der Waals surface area (Å²) in [6, 6.07) is 1.84. The number of likely N-dealkylation sites (N-methyl/N-ethyl adjacent to an activating group) is 1. The molecule has 0 aliphatic carbocycles. The summed E-state index contributed by atoms with van der Waals surface area (Å²) in [5.41, 5.74) is 0.634. The molecule has 1 unspecified atom stereocenters. The fourth-order valence-electron chi connectivity index (χ4n) is 2.59. The molecule has 1 aromatic rings. The van der Waals surface area contributed by atoms with Gasteiger partial charge in [0.15, 0.2) is 0 Å². The first kappa shape index (κ1) is 15.5. The Labute approximate surface area is 120 Å². The maximum Gasteiger partial charge on any atom is 0.244 e. The molecular weight excluding hydrogens is 278 g/mol. The van der Waals surface area contributed by atoms with Gasteiger partial charge >= 0.3 is 0 Å². The van der Waals surface area contributed by atoms with Crippen LogP contribution in [0.5, 0.6) is 0 Å². The molecule has 0 bridgehead atoms. The summed E-state index contributed by atoms with van der Waals surface area (Å²) < 4.78 is 28.5. The molecular formula is C13H23N3O3S. The van der Waals surface area contributed by atoms with Crippen LogP contribution in [0.3, 0.4) is 0 Å². The molecule has 2 heterocycles. The van der Waals surface area contributed by atoms with E-state index in [9.17, 15) is 13.5 Å². The van der Waals surface area contributed by atoms with Gasteiger partial charge in [-0.3, -0.25) is 0 Å². The highest BCUT2D eigenvalue weighted by molar-refractivity contribution is 7.89. The quantitative estimate of drug-likeness (QED) is 0.851. The van der Waals surface area contributed by atoms with Gasteiger partial charge in [0.1, 0.15) is 4.90 Å². The summed E-state index contributed by atoms with van der Waals surface area (Å²) in [7, 11) is 0.489. The summed E-state index contributed by atoms with van der Waals surface area (Å²) in [6.45, 7) is 3.50. The second kappa shape index (κ2) is 5.85. The lowest BCUT2D eigenvalue weighted by molar-refractivity contribution is 0.271.